The third-order valence-corrected chi connectivity index (χ3v) is 9.54. The van der Waals surface area contributed by atoms with Crippen molar-refractivity contribution >= 4 is 38.4 Å². The SMILES string of the molecule is CCC(CC)C(=O)/C=C(\O)C(CC)CC.Cn1c(=NC(C)(C)C)n(C)c2cc3c(-c4[c-]c5ccccc5c(C(C)(C)C)c4)nccc3cc21.[Ir]. The summed E-state index contributed by atoms with van der Waals surface area (Å²) in [5.41, 5.74) is 6.43. The Bertz CT molecular complexity index is 2050. The van der Waals surface area contributed by atoms with E-state index in [4.69, 9.17) is 9.98 Å². The number of aryl methyl sites for hydroxylation is 2. The minimum absolute atomic E-state index is 0. The van der Waals surface area contributed by atoms with Gasteiger partial charge in [-0.2, -0.15) is 0 Å². The van der Waals surface area contributed by atoms with Crippen LogP contribution in [0.4, 0.5) is 0 Å². The second-order valence-electron chi connectivity index (χ2n) is 15.3. The first kappa shape index (κ1) is 40.9. The summed E-state index contributed by atoms with van der Waals surface area (Å²) in [5.74, 6) is 0.547. The summed E-state index contributed by atoms with van der Waals surface area (Å²) >= 11 is 0. The Labute approximate surface area is 313 Å². The number of ketones is 1. The maximum absolute atomic E-state index is 11.7. The van der Waals surface area contributed by atoms with E-state index >= 15 is 0 Å². The second-order valence-corrected chi connectivity index (χ2v) is 15.3. The van der Waals surface area contributed by atoms with Crippen molar-refractivity contribution in [2.75, 3.05) is 0 Å². The summed E-state index contributed by atoms with van der Waals surface area (Å²) in [6, 6.07) is 21.1. The zero-order chi connectivity index (χ0) is 36.3. The molecular formula is C43H57IrN4O2-. The molecule has 0 bridgehead atoms. The van der Waals surface area contributed by atoms with Crippen molar-refractivity contribution < 1.29 is 30.0 Å². The monoisotopic (exact) mass is 854 g/mol. The number of fused-ring (bicyclic) bond motifs is 3. The number of allylic oxidation sites excluding steroid dienone is 2. The maximum atomic E-state index is 11.7. The first-order valence-electron chi connectivity index (χ1n) is 17.9. The van der Waals surface area contributed by atoms with Crippen molar-refractivity contribution in [3.05, 3.63) is 83.8 Å². The summed E-state index contributed by atoms with van der Waals surface area (Å²) in [7, 11) is 4.18. The van der Waals surface area contributed by atoms with E-state index in [0.717, 1.165) is 64.4 Å². The van der Waals surface area contributed by atoms with Crippen molar-refractivity contribution in [1.29, 1.82) is 0 Å². The van der Waals surface area contributed by atoms with E-state index in [1.165, 1.54) is 22.4 Å². The molecule has 2 heterocycles. The van der Waals surface area contributed by atoms with Crippen molar-refractivity contribution in [3.8, 4) is 11.3 Å². The zero-order valence-corrected chi connectivity index (χ0v) is 34.6. The molecule has 0 amide bonds. The van der Waals surface area contributed by atoms with E-state index in [1.54, 1.807) is 0 Å². The molecule has 0 spiro atoms. The van der Waals surface area contributed by atoms with Crippen LogP contribution >= 0.6 is 0 Å². The zero-order valence-electron chi connectivity index (χ0n) is 32.2. The van der Waals surface area contributed by atoms with Crippen molar-refractivity contribution in [2.45, 2.75) is 106 Å². The smallest absolute Gasteiger partial charge is 0.205 e. The van der Waals surface area contributed by atoms with Gasteiger partial charge in [0.2, 0.25) is 5.62 Å². The summed E-state index contributed by atoms with van der Waals surface area (Å²) < 4.78 is 4.36. The summed E-state index contributed by atoms with van der Waals surface area (Å²) in [6.45, 7) is 21.3. The number of hydrogen-bond acceptors (Lipinski definition) is 4. The number of aliphatic hydroxyl groups is 1. The van der Waals surface area contributed by atoms with Crippen LogP contribution < -0.4 is 5.62 Å². The number of benzene rings is 3. The molecule has 0 saturated carbocycles. The van der Waals surface area contributed by atoms with E-state index in [2.05, 4.69) is 119 Å². The molecule has 3 aromatic carbocycles. The van der Waals surface area contributed by atoms with Crippen molar-refractivity contribution in [2.24, 2.45) is 30.9 Å². The van der Waals surface area contributed by atoms with Crippen LogP contribution in [0.3, 0.4) is 0 Å². The van der Waals surface area contributed by atoms with Gasteiger partial charge in [-0.3, -0.25) is 9.78 Å². The average Bonchev–Trinajstić information content (AvgIpc) is 3.26. The molecule has 0 aliphatic heterocycles. The van der Waals surface area contributed by atoms with Crippen LogP contribution in [0.1, 0.15) is 100 Å². The number of pyridine rings is 1. The molecule has 5 rings (SSSR count). The van der Waals surface area contributed by atoms with E-state index in [1.807, 2.05) is 33.9 Å². The molecule has 0 fully saturated rings. The summed E-state index contributed by atoms with van der Waals surface area (Å²) in [4.78, 5) is 21.6. The molecule has 0 atom stereocenters. The van der Waals surface area contributed by atoms with Crippen LogP contribution in [-0.2, 0) is 44.4 Å². The quantitative estimate of drug-likeness (QED) is 0.0960. The topological polar surface area (TPSA) is 72.4 Å². The minimum atomic E-state index is -0.157. The molecule has 5 aromatic rings. The number of rotatable bonds is 8. The van der Waals surface area contributed by atoms with Gasteiger partial charge in [0.15, 0.2) is 5.78 Å². The Kier molecular flexibility index (Phi) is 13.6. The normalized spacial score (nSPS) is 12.9. The number of aromatic nitrogens is 3. The first-order valence-corrected chi connectivity index (χ1v) is 17.9. The summed E-state index contributed by atoms with van der Waals surface area (Å²) in [5, 5.41) is 14.4. The van der Waals surface area contributed by atoms with Gasteiger partial charge in [0, 0.05) is 64.0 Å². The largest absolute Gasteiger partial charge is 0.512 e. The standard InChI is InChI=1S/C30H33N4.C13H24O2.Ir/c1-29(2,3)24-16-21(15-19-11-9-10-12-22(19)24)27-23-18-26-25(17-20(23)13-14-31-27)33(7)28(34(26)8)32-30(4,5)6;1-5-10(6-2)12(14)9-13(15)11(7-3)8-4;/h9-14,16-18H,1-8H3;9-11,14H,5-8H2,1-4H3;/q-1;;/b;12-9-;. The number of imidazole rings is 1. The average molecular weight is 854 g/mol. The molecular weight excluding hydrogens is 797 g/mol. The van der Waals surface area contributed by atoms with E-state index in [0.29, 0.717) is 0 Å². The molecule has 6 nitrogen and oxygen atoms in total. The molecule has 0 unspecified atom stereocenters. The maximum Gasteiger partial charge on any atom is 0.205 e. The Morgan fingerprint density at radius 2 is 1.44 bits per heavy atom. The molecule has 0 aliphatic carbocycles. The fraction of sp³-hybridized carbons (Fsp3) is 0.465. The molecule has 0 aliphatic rings. The van der Waals surface area contributed by atoms with E-state index < -0.39 is 0 Å². The van der Waals surface area contributed by atoms with Crippen LogP contribution in [-0.4, -0.2) is 30.5 Å². The Morgan fingerprint density at radius 1 is 0.860 bits per heavy atom. The van der Waals surface area contributed by atoms with Gasteiger partial charge in [-0.15, -0.1) is 29.1 Å². The third kappa shape index (κ3) is 9.02. The minimum Gasteiger partial charge on any atom is -0.512 e. The van der Waals surface area contributed by atoms with Crippen molar-refractivity contribution in [3.63, 3.8) is 0 Å². The van der Waals surface area contributed by atoms with E-state index in [9.17, 15) is 9.90 Å². The van der Waals surface area contributed by atoms with Gasteiger partial charge in [0.25, 0.3) is 0 Å². The molecule has 2 aromatic heterocycles. The number of carbonyl (C=O) groups is 1. The first-order chi connectivity index (χ1) is 23.0. The molecule has 1 radical (unpaired) electrons. The molecule has 7 heteroatoms. The van der Waals surface area contributed by atoms with Crippen LogP contribution in [0.15, 0.2) is 71.6 Å². The molecule has 271 valence electrons. The van der Waals surface area contributed by atoms with Gasteiger partial charge in [-0.05, 0) is 80.8 Å². The molecule has 50 heavy (non-hydrogen) atoms. The van der Waals surface area contributed by atoms with Crippen molar-refractivity contribution in [1.82, 2.24) is 14.1 Å². The van der Waals surface area contributed by atoms with Gasteiger partial charge in [0.05, 0.1) is 22.3 Å². The Morgan fingerprint density at radius 3 is 2.00 bits per heavy atom. The second kappa shape index (κ2) is 16.7. The predicted octanol–water partition coefficient (Wildman–Crippen LogP) is 10.5. The van der Waals surface area contributed by atoms with Gasteiger partial charge in [-0.1, -0.05) is 77.6 Å². The number of nitrogens with zero attached hydrogens (tertiary/aromatic N) is 4. The van der Waals surface area contributed by atoms with Gasteiger partial charge < -0.3 is 14.2 Å². The fourth-order valence-electron chi connectivity index (χ4n) is 6.60. The van der Waals surface area contributed by atoms with E-state index in [-0.39, 0.29) is 54.4 Å². The molecule has 0 saturated heterocycles. The Balaban J connectivity index is 0.000000361. The number of carbonyl (C=O) groups excluding carboxylic acids is 1. The van der Waals surface area contributed by atoms with Gasteiger partial charge in [0.1, 0.15) is 0 Å². The fourth-order valence-corrected chi connectivity index (χ4v) is 6.60. The molecule has 1 N–H and O–H groups in total. The summed E-state index contributed by atoms with van der Waals surface area (Å²) in [6.07, 6.45) is 6.82. The van der Waals surface area contributed by atoms with Crippen LogP contribution in [0, 0.1) is 17.9 Å². The third-order valence-electron chi connectivity index (χ3n) is 9.54. The van der Waals surface area contributed by atoms with Gasteiger partial charge >= 0.3 is 0 Å². The van der Waals surface area contributed by atoms with Gasteiger partial charge in [-0.25, -0.2) is 4.99 Å². The predicted molar refractivity (Wildman–Crippen MR) is 207 cm³/mol. The number of hydrogen-bond donors (Lipinski definition) is 1. The Hall–Kier alpha value is -3.54. The van der Waals surface area contributed by atoms with Crippen LogP contribution in [0.25, 0.3) is 43.8 Å². The number of aliphatic hydroxyl groups excluding tert-OH is 1. The van der Waals surface area contributed by atoms with Crippen LogP contribution in [0.5, 0.6) is 0 Å². The van der Waals surface area contributed by atoms with Crippen LogP contribution in [0.2, 0.25) is 0 Å².